The average molecular weight is 247 g/mol. The summed E-state index contributed by atoms with van der Waals surface area (Å²) in [5.74, 6) is 0.182. The largest absolute Gasteiger partial charge is 0.399 e. The maximum atomic E-state index is 11.2. The highest BCUT2D eigenvalue weighted by Crippen LogP contribution is 2.12. The Kier molecular flexibility index (Phi) is 4.20. The van der Waals surface area contributed by atoms with E-state index in [0.717, 1.165) is 44.8 Å². The minimum atomic E-state index is 0.182. The molecule has 0 aromatic heterocycles. The van der Waals surface area contributed by atoms with E-state index in [2.05, 4.69) is 11.0 Å². The molecule has 1 aromatic rings. The third-order valence-electron chi connectivity index (χ3n) is 3.57. The minimum Gasteiger partial charge on any atom is -0.399 e. The average Bonchev–Trinajstić information content (AvgIpc) is 2.38. The lowest BCUT2D eigenvalue weighted by Crippen LogP contribution is -2.48. The molecule has 0 spiro atoms. The molecule has 98 valence electrons. The maximum Gasteiger partial charge on any atom is 0.219 e. The van der Waals surface area contributed by atoms with Crippen LogP contribution in [0.25, 0.3) is 0 Å². The molecule has 1 saturated heterocycles. The number of nitrogens with two attached hydrogens (primary N) is 1. The lowest BCUT2D eigenvalue weighted by molar-refractivity contribution is -0.130. The topological polar surface area (TPSA) is 49.6 Å². The van der Waals surface area contributed by atoms with Crippen LogP contribution in [0.5, 0.6) is 0 Å². The lowest BCUT2D eigenvalue weighted by Gasteiger charge is -2.34. The second kappa shape index (κ2) is 5.87. The zero-order chi connectivity index (χ0) is 13.0. The van der Waals surface area contributed by atoms with E-state index in [1.807, 2.05) is 23.1 Å². The number of carbonyl (C=O) groups excluding carboxylic acids is 1. The zero-order valence-electron chi connectivity index (χ0n) is 10.9. The van der Waals surface area contributed by atoms with Crippen LogP contribution < -0.4 is 5.73 Å². The number of nitrogens with zero attached hydrogens (tertiary/aromatic N) is 2. The fourth-order valence-corrected chi connectivity index (χ4v) is 2.33. The van der Waals surface area contributed by atoms with Crippen LogP contribution in [-0.2, 0) is 11.2 Å². The predicted molar refractivity (Wildman–Crippen MR) is 73.3 cm³/mol. The fraction of sp³-hybridized carbons (Fsp3) is 0.500. The molecule has 0 saturated carbocycles. The lowest BCUT2D eigenvalue weighted by atomic mass is 10.1. The molecule has 18 heavy (non-hydrogen) atoms. The number of anilines is 1. The summed E-state index contributed by atoms with van der Waals surface area (Å²) in [4.78, 5) is 15.5. The van der Waals surface area contributed by atoms with Gasteiger partial charge in [0.25, 0.3) is 0 Å². The van der Waals surface area contributed by atoms with Crippen LogP contribution in [-0.4, -0.2) is 48.4 Å². The highest BCUT2D eigenvalue weighted by atomic mass is 16.2. The van der Waals surface area contributed by atoms with Crippen molar-refractivity contribution in [2.45, 2.75) is 13.3 Å². The van der Waals surface area contributed by atoms with E-state index in [0.29, 0.717) is 0 Å². The van der Waals surface area contributed by atoms with Gasteiger partial charge in [-0.05, 0) is 18.1 Å². The first kappa shape index (κ1) is 12.9. The van der Waals surface area contributed by atoms with Gasteiger partial charge < -0.3 is 10.6 Å². The van der Waals surface area contributed by atoms with Gasteiger partial charge in [0.2, 0.25) is 5.91 Å². The molecule has 1 aromatic carbocycles. The van der Waals surface area contributed by atoms with Gasteiger partial charge >= 0.3 is 0 Å². The maximum absolute atomic E-state index is 11.2. The Morgan fingerprint density at radius 1 is 1.22 bits per heavy atom. The molecule has 0 bridgehead atoms. The molecule has 4 nitrogen and oxygen atoms in total. The van der Waals surface area contributed by atoms with E-state index in [1.54, 1.807) is 6.92 Å². The van der Waals surface area contributed by atoms with Crippen molar-refractivity contribution in [2.24, 2.45) is 0 Å². The van der Waals surface area contributed by atoms with Crippen molar-refractivity contribution in [3.8, 4) is 0 Å². The smallest absolute Gasteiger partial charge is 0.219 e. The highest BCUT2D eigenvalue weighted by Gasteiger charge is 2.18. The van der Waals surface area contributed by atoms with Gasteiger partial charge in [-0.1, -0.05) is 18.2 Å². The van der Waals surface area contributed by atoms with E-state index in [-0.39, 0.29) is 5.91 Å². The number of amides is 1. The molecule has 1 amide bonds. The number of hydrogen-bond acceptors (Lipinski definition) is 3. The van der Waals surface area contributed by atoms with Crippen molar-refractivity contribution in [3.05, 3.63) is 29.8 Å². The number of piperazine rings is 1. The van der Waals surface area contributed by atoms with Crippen LogP contribution in [0.2, 0.25) is 0 Å². The van der Waals surface area contributed by atoms with Gasteiger partial charge in [-0.25, -0.2) is 0 Å². The summed E-state index contributed by atoms with van der Waals surface area (Å²) in [5, 5.41) is 0. The van der Waals surface area contributed by atoms with Gasteiger partial charge in [-0.2, -0.15) is 0 Å². The van der Waals surface area contributed by atoms with E-state index in [4.69, 9.17) is 5.73 Å². The first-order valence-corrected chi connectivity index (χ1v) is 6.48. The number of nitrogen functional groups attached to an aromatic ring is 1. The molecule has 1 aliphatic heterocycles. The molecule has 2 N–H and O–H groups in total. The van der Waals surface area contributed by atoms with Crippen molar-refractivity contribution in [3.63, 3.8) is 0 Å². The predicted octanol–water partition coefficient (Wildman–Crippen LogP) is 0.975. The third-order valence-corrected chi connectivity index (χ3v) is 3.57. The van der Waals surface area contributed by atoms with Crippen molar-refractivity contribution in [1.82, 2.24) is 9.80 Å². The van der Waals surface area contributed by atoms with Crippen LogP contribution in [0, 0.1) is 0 Å². The minimum absolute atomic E-state index is 0.182. The van der Waals surface area contributed by atoms with E-state index in [1.165, 1.54) is 5.56 Å². The molecule has 4 heteroatoms. The first-order valence-electron chi connectivity index (χ1n) is 6.48. The normalized spacial score (nSPS) is 16.8. The monoisotopic (exact) mass is 247 g/mol. The third kappa shape index (κ3) is 3.23. The molecule has 0 unspecified atom stereocenters. The fourth-order valence-electron chi connectivity index (χ4n) is 2.33. The van der Waals surface area contributed by atoms with Crippen molar-refractivity contribution in [1.29, 1.82) is 0 Å². The van der Waals surface area contributed by atoms with E-state index in [9.17, 15) is 4.79 Å². The summed E-state index contributed by atoms with van der Waals surface area (Å²) in [7, 11) is 0. The highest BCUT2D eigenvalue weighted by molar-refractivity contribution is 5.73. The van der Waals surface area contributed by atoms with Gasteiger partial charge in [-0.15, -0.1) is 0 Å². The Hall–Kier alpha value is -1.55. The van der Waals surface area contributed by atoms with Crippen LogP contribution in [0.4, 0.5) is 5.69 Å². The quantitative estimate of drug-likeness (QED) is 0.810. The number of para-hydroxylation sites is 1. The Labute approximate surface area is 108 Å². The van der Waals surface area contributed by atoms with Crippen LogP contribution in [0.1, 0.15) is 12.5 Å². The Morgan fingerprint density at radius 3 is 2.50 bits per heavy atom. The zero-order valence-corrected chi connectivity index (χ0v) is 10.9. The van der Waals surface area contributed by atoms with E-state index < -0.39 is 0 Å². The summed E-state index contributed by atoms with van der Waals surface area (Å²) < 4.78 is 0. The van der Waals surface area contributed by atoms with Crippen LogP contribution in [0.3, 0.4) is 0 Å². The van der Waals surface area contributed by atoms with Gasteiger partial charge in [0.1, 0.15) is 0 Å². The number of carbonyl (C=O) groups is 1. The summed E-state index contributed by atoms with van der Waals surface area (Å²) in [5.41, 5.74) is 8.02. The first-order chi connectivity index (χ1) is 8.66. The summed E-state index contributed by atoms with van der Waals surface area (Å²) >= 11 is 0. The number of rotatable bonds is 3. The summed E-state index contributed by atoms with van der Waals surface area (Å²) in [6.07, 6.45) is 0.979. The number of hydrogen-bond donors (Lipinski definition) is 1. The van der Waals surface area contributed by atoms with Gasteiger partial charge in [0.05, 0.1) is 0 Å². The molecule has 1 heterocycles. The van der Waals surface area contributed by atoms with Crippen LogP contribution in [0.15, 0.2) is 24.3 Å². The van der Waals surface area contributed by atoms with E-state index >= 15 is 0 Å². The second-order valence-corrected chi connectivity index (χ2v) is 4.80. The summed E-state index contributed by atoms with van der Waals surface area (Å²) in [6, 6.07) is 8.02. The van der Waals surface area contributed by atoms with Gasteiger partial charge in [-0.3, -0.25) is 9.69 Å². The van der Waals surface area contributed by atoms with Crippen molar-refractivity contribution in [2.75, 3.05) is 38.5 Å². The standard InChI is InChI=1S/C14H21N3O/c1-12(18)17-10-8-16(9-11-17)7-6-13-4-2-3-5-14(13)15/h2-5H,6-11,15H2,1H3. The van der Waals surface area contributed by atoms with Crippen molar-refractivity contribution < 1.29 is 4.79 Å². The molecule has 2 rings (SSSR count). The number of benzene rings is 1. The van der Waals surface area contributed by atoms with Gasteiger partial charge in [0, 0.05) is 45.3 Å². The Bertz CT molecular complexity index is 411. The molecular weight excluding hydrogens is 226 g/mol. The van der Waals surface area contributed by atoms with Crippen LogP contribution >= 0.6 is 0 Å². The molecule has 0 radical (unpaired) electrons. The Balaban J connectivity index is 1.79. The molecule has 0 aliphatic carbocycles. The molecular formula is C14H21N3O. The molecule has 0 atom stereocenters. The molecule has 1 aliphatic rings. The molecule has 1 fully saturated rings. The second-order valence-electron chi connectivity index (χ2n) is 4.80. The van der Waals surface area contributed by atoms with Crippen molar-refractivity contribution >= 4 is 11.6 Å². The van der Waals surface area contributed by atoms with Gasteiger partial charge in [0.15, 0.2) is 0 Å². The SMILES string of the molecule is CC(=O)N1CCN(CCc2ccccc2N)CC1. The summed E-state index contributed by atoms with van der Waals surface area (Å²) in [6.45, 7) is 6.28. The Morgan fingerprint density at radius 2 is 1.89 bits per heavy atom.